The highest BCUT2D eigenvalue weighted by Crippen LogP contribution is 2.30. The number of benzene rings is 2. The maximum atomic E-state index is 12.6. The number of carbonyl (C=O) groups excluding carboxylic acids is 1. The lowest BCUT2D eigenvalue weighted by Crippen LogP contribution is -2.16. The molecule has 0 bridgehead atoms. The van der Waals surface area contributed by atoms with Crippen molar-refractivity contribution in [3.8, 4) is 0 Å². The molecule has 8 nitrogen and oxygen atoms in total. The third-order valence-electron chi connectivity index (χ3n) is 3.85. The second-order valence-electron chi connectivity index (χ2n) is 5.85. The summed E-state index contributed by atoms with van der Waals surface area (Å²) in [6, 6.07) is 9.08. The van der Waals surface area contributed by atoms with Gasteiger partial charge in [-0.1, -0.05) is 32.0 Å². The van der Waals surface area contributed by atoms with E-state index in [2.05, 4.69) is 5.32 Å². The SMILES string of the molecule is Cc1c(C(=O)Nc2ccccc2C(C)C)cc([N+](=O)[O-])cc1[N+](=O)[O-]. The van der Waals surface area contributed by atoms with E-state index in [4.69, 9.17) is 0 Å². The molecule has 0 saturated carbocycles. The second-order valence-corrected chi connectivity index (χ2v) is 5.85. The van der Waals surface area contributed by atoms with Gasteiger partial charge in [-0.15, -0.1) is 0 Å². The van der Waals surface area contributed by atoms with Gasteiger partial charge < -0.3 is 5.32 Å². The van der Waals surface area contributed by atoms with Crippen LogP contribution < -0.4 is 5.32 Å². The van der Waals surface area contributed by atoms with Gasteiger partial charge in [-0.25, -0.2) is 0 Å². The fourth-order valence-corrected chi connectivity index (χ4v) is 2.52. The van der Waals surface area contributed by atoms with Crippen LogP contribution in [0.5, 0.6) is 0 Å². The molecule has 2 aromatic carbocycles. The molecule has 0 radical (unpaired) electrons. The summed E-state index contributed by atoms with van der Waals surface area (Å²) in [6.45, 7) is 5.33. The summed E-state index contributed by atoms with van der Waals surface area (Å²) >= 11 is 0. The van der Waals surface area contributed by atoms with Gasteiger partial charge in [0.1, 0.15) is 0 Å². The van der Waals surface area contributed by atoms with Gasteiger partial charge in [-0.3, -0.25) is 25.0 Å². The fraction of sp³-hybridized carbons (Fsp3) is 0.235. The number of rotatable bonds is 5. The first-order chi connectivity index (χ1) is 11.7. The molecule has 1 amide bonds. The van der Waals surface area contributed by atoms with E-state index in [-0.39, 0.29) is 17.0 Å². The largest absolute Gasteiger partial charge is 0.322 e. The molecule has 0 spiro atoms. The van der Waals surface area contributed by atoms with Crippen LogP contribution in [-0.4, -0.2) is 15.8 Å². The predicted octanol–water partition coefficient (Wildman–Crippen LogP) is 4.19. The number of hydrogen-bond acceptors (Lipinski definition) is 5. The maximum absolute atomic E-state index is 12.6. The first kappa shape index (κ1) is 18.1. The Kier molecular flexibility index (Phi) is 5.11. The topological polar surface area (TPSA) is 115 Å². The van der Waals surface area contributed by atoms with Crippen molar-refractivity contribution >= 4 is 23.0 Å². The summed E-state index contributed by atoms with van der Waals surface area (Å²) in [5, 5.41) is 24.8. The molecule has 0 aliphatic heterocycles. The lowest BCUT2D eigenvalue weighted by molar-refractivity contribution is -0.394. The Bertz CT molecular complexity index is 861. The van der Waals surface area contributed by atoms with Gasteiger partial charge in [-0.05, 0) is 24.5 Å². The average Bonchev–Trinajstić information content (AvgIpc) is 2.54. The molecule has 25 heavy (non-hydrogen) atoms. The first-order valence-electron chi connectivity index (χ1n) is 7.56. The van der Waals surface area contributed by atoms with E-state index in [1.54, 1.807) is 12.1 Å². The highest BCUT2D eigenvalue weighted by atomic mass is 16.6. The number of nitro groups is 2. The van der Waals surface area contributed by atoms with Crippen LogP contribution in [0.3, 0.4) is 0 Å². The molecule has 1 N–H and O–H groups in total. The zero-order chi connectivity index (χ0) is 18.7. The van der Waals surface area contributed by atoms with Gasteiger partial charge in [0.25, 0.3) is 17.3 Å². The number of para-hydroxylation sites is 1. The Morgan fingerprint density at radius 1 is 1.08 bits per heavy atom. The number of nitro benzene ring substituents is 2. The quantitative estimate of drug-likeness (QED) is 0.645. The Morgan fingerprint density at radius 2 is 1.72 bits per heavy atom. The van der Waals surface area contributed by atoms with Gasteiger partial charge in [0.2, 0.25) is 0 Å². The van der Waals surface area contributed by atoms with Crippen LogP contribution in [0.2, 0.25) is 0 Å². The number of amides is 1. The van der Waals surface area contributed by atoms with Crippen molar-refractivity contribution in [1.29, 1.82) is 0 Å². The van der Waals surface area contributed by atoms with Crippen molar-refractivity contribution in [2.45, 2.75) is 26.7 Å². The summed E-state index contributed by atoms with van der Waals surface area (Å²) in [5.74, 6) is -0.477. The minimum Gasteiger partial charge on any atom is -0.322 e. The smallest absolute Gasteiger partial charge is 0.279 e. The van der Waals surface area contributed by atoms with E-state index >= 15 is 0 Å². The highest BCUT2D eigenvalue weighted by Gasteiger charge is 2.25. The van der Waals surface area contributed by atoms with Crippen molar-refractivity contribution < 1.29 is 14.6 Å². The molecule has 0 heterocycles. The zero-order valence-corrected chi connectivity index (χ0v) is 14.0. The van der Waals surface area contributed by atoms with E-state index in [1.807, 2.05) is 26.0 Å². The molecular weight excluding hydrogens is 326 g/mol. The van der Waals surface area contributed by atoms with Crippen molar-refractivity contribution in [2.24, 2.45) is 0 Å². The summed E-state index contributed by atoms with van der Waals surface area (Å²) < 4.78 is 0. The molecule has 2 aromatic rings. The Morgan fingerprint density at radius 3 is 2.28 bits per heavy atom. The molecule has 0 atom stereocenters. The lowest BCUT2D eigenvalue weighted by atomic mass is 10.0. The predicted molar refractivity (Wildman–Crippen MR) is 93.0 cm³/mol. The van der Waals surface area contributed by atoms with Gasteiger partial charge in [-0.2, -0.15) is 0 Å². The summed E-state index contributed by atoms with van der Waals surface area (Å²) in [5.41, 5.74) is 0.482. The van der Waals surface area contributed by atoms with Crippen LogP contribution in [0, 0.1) is 27.2 Å². The van der Waals surface area contributed by atoms with Gasteiger partial charge >= 0.3 is 0 Å². The van der Waals surface area contributed by atoms with E-state index in [0.29, 0.717) is 5.69 Å². The third kappa shape index (κ3) is 3.79. The molecule has 130 valence electrons. The summed E-state index contributed by atoms with van der Waals surface area (Å²) in [4.78, 5) is 33.2. The van der Waals surface area contributed by atoms with Crippen LogP contribution >= 0.6 is 0 Å². The Hall–Kier alpha value is -3.29. The number of hydrogen-bond donors (Lipinski definition) is 1. The molecule has 8 heteroatoms. The minimum absolute atomic E-state index is 0.0788. The van der Waals surface area contributed by atoms with Gasteiger partial charge in [0.15, 0.2) is 0 Å². The molecule has 2 rings (SSSR count). The van der Waals surface area contributed by atoms with Gasteiger partial charge in [0.05, 0.1) is 21.5 Å². The van der Waals surface area contributed by atoms with Crippen LogP contribution in [-0.2, 0) is 0 Å². The molecule has 0 fully saturated rings. The van der Waals surface area contributed by atoms with Crippen molar-refractivity contribution in [3.63, 3.8) is 0 Å². The van der Waals surface area contributed by atoms with E-state index < -0.39 is 27.1 Å². The number of nitrogens with one attached hydrogen (secondary N) is 1. The number of nitrogens with zero attached hydrogens (tertiary/aromatic N) is 2. The number of anilines is 1. The molecule has 0 aliphatic carbocycles. The number of non-ortho nitro benzene ring substituents is 1. The van der Waals surface area contributed by atoms with Gasteiger partial charge in [0, 0.05) is 17.3 Å². The van der Waals surface area contributed by atoms with E-state index in [0.717, 1.165) is 17.7 Å². The molecule has 0 aliphatic rings. The maximum Gasteiger partial charge on any atom is 0.279 e. The molecule has 0 aromatic heterocycles. The van der Waals surface area contributed by atoms with E-state index in [9.17, 15) is 25.0 Å². The monoisotopic (exact) mass is 343 g/mol. The highest BCUT2D eigenvalue weighted by molar-refractivity contribution is 6.06. The average molecular weight is 343 g/mol. The fourth-order valence-electron chi connectivity index (χ4n) is 2.52. The normalized spacial score (nSPS) is 10.6. The van der Waals surface area contributed by atoms with E-state index in [1.165, 1.54) is 6.92 Å². The standard InChI is InChI=1S/C17H17N3O5/c1-10(2)13-6-4-5-7-15(13)18-17(21)14-8-12(19(22)23)9-16(11(14)3)20(24)25/h4-10H,1-3H3,(H,18,21). The first-order valence-corrected chi connectivity index (χ1v) is 7.56. The van der Waals surface area contributed by atoms with Crippen molar-refractivity contribution in [3.05, 3.63) is 73.3 Å². The molecule has 0 saturated heterocycles. The van der Waals surface area contributed by atoms with Crippen LogP contribution in [0.15, 0.2) is 36.4 Å². The zero-order valence-electron chi connectivity index (χ0n) is 14.0. The Labute approximate surface area is 143 Å². The third-order valence-corrected chi connectivity index (χ3v) is 3.85. The molecular formula is C17H17N3O5. The number of carbonyl (C=O) groups is 1. The summed E-state index contributed by atoms with van der Waals surface area (Å²) in [7, 11) is 0. The van der Waals surface area contributed by atoms with Crippen LogP contribution in [0.4, 0.5) is 17.1 Å². The van der Waals surface area contributed by atoms with Crippen LogP contribution in [0.25, 0.3) is 0 Å². The van der Waals surface area contributed by atoms with Crippen LogP contribution in [0.1, 0.15) is 41.3 Å². The summed E-state index contributed by atoms with van der Waals surface area (Å²) in [6.07, 6.45) is 0. The molecule has 0 unspecified atom stereocenters. The Balaban J connectivity index is 2.49. The van der Waals surface area contributed by atoms with Crippen molar-refractivity contribution in [1.82, 2.24) is 0 Å². The second kappa shape index (κ2) is 7.08. The minimum atomic E-state index is -0.759. The van der Waals surface area contributed by atoms with Crippen molar-refractivity contribution in [2.75, 3.05) is 5.32 Å². The lowest BCUT2D eigenvalue weighted by Gasteiger charge is -2.14.